The molecule has 4 aromatic rings. The van der Waals surface area contributed by atoms with Crippen molar-refractivity contribution in [3.8, 4) is 0 Å². The Kier molecular flexibility index (Phi) is 5.53. The topological polar surface area (TPSA) is 71.5 Å². The van der Waals surface area contributed by atoms with E-state index in [1.165, 1.54) is 19.1 Å². The van der Waals surface area contributed by atoms with Crippen LogP contribution in [0.1, 0.15) is 54.3 Å². The average molecular weight is 435 g/mol. The van der Waals surface area contributed by atoms with E-state index in [1.807, 2.05) is 24.3 Å². The van der Waals surface area contributed by atoms with Gasteiger partial charge in [-0.1, -0.05) is 11.2 Å². The zero-order chi connectivity index (χ0) is 22.2. The molecule has 1 aliphatic heterocycles. The van der Waals surface area contributed by atoms with Gasteiger partial charge in [0, 0.05) is 42.4 Å². The van der Waals surface area contributed by atoms with Crippen LogP contribution in [0.2, 0.25) is 0 Å². The van der Waals surface area contributed by atoms with Gasteiger partial charge in [0.15, 0.2) is 5.58 Å². The van der Waals surface area contributed by atoms with Gasteiger partial charge in [0.1, 0.15) is 5.82 Å². The number of rotatable bonds is 5. The molecular formula is C25H26FN3O3. The Labute approximate surface area is 185 Å². The molecule has 1 N–H and O–H groups in total. The maximum atomic E-state index is 13.4. The summed E-state index contributed by atoms with van der Waals surface area (Å²) in [6.07, 6.45) is 3.78. The van der Waals surface area contributed by atoms with Crippen molar-refractivity contribution in [1.29, 1.82) is 0 Å². The number of carbonyl (C=O) groups is 1. The number of aromatic nitrogens is 2. The molecule has 1 atom stereocenters. The van der Waals surface area contributed by atoms with E-state index >= 15 is 0 Å². The maximum Gasteiger partial charge on any atom is 0.227 e. The minimum Gasteiger partial charge on any atom is -0.388 e. The second kappa shape index (κ2) is 8.48. The van der Waals surface area contributed by atoms with E-state index in [0.717, 1.165) is 60.0 Å². The molecule has 0 amide bonds. The number of aliphatic hydroxyl groups excluding tert-OH is 1. The Morgan fingerprint density at radius 1 is 1.22 bits per heavy atom. The fourth-order valence-corrected chi connectivity index (χ4v) is 4.77. The van der Waals surface area contributed by atoms with Crippen molar-refractivity contribution >= 4 is 27.8 Å². The van der Waals surface area contributed by atoms with Gasteiger partial charge in [-0.2, -0.15) is 0 Å². The number of hydrogen-bond donors (Lipinski definition) is 1. The van der Waals surface area contributed by atoms with E-state index in [4.69, 9.17) is 4.52 Å². The lowest BCUT2D eigenvalue weighted by atomic mass is 9.91. The second-order valence-corrected chi connectivity index (χ2v) is 8.65. The number of hydrogen-bond acceptors (Lipinski definition) is 5. The predicted molar refractivity (Wildman–Crippen MR) is 120 cm³/mol. The van der Waals surface area contributed by atoms with Gasteiger partial charge >= 0.3 is 0 Å². The van der Waals surface area contributed by atoms with Crippen LogP contribution in [0.5, 0.6) is 0 Å². The Morgan fingerprint density at radius 3 is 2.81 bits per heavy atom. The van der Waals surface area contributed by atoms with Gasteiger partial charge in [-0.25, -0.2) is 4.39 Å². The molecule has 0 aliphatic carbocycles. The molecular weight excluding hydrogens is 409 g/mol. The first kappa shape index (κ1) is 20.8. The van der Waals surface area contributed by atoms with Gasteiger partial charge in [-0.05, 0) is 68.2 Å². The molecule has 0 saturated carbocycles. The summed E-state index contributed by atoms with van der Waals surface area (Å²) in [6, 6.07) is 12.2. The third-order valence-electron chi connectivity index (χ3n) is 6.59. The first-order chi connectivity index (χ1) is 15.5. The molecule has 0 spiro atoms. The standard InChI is InChI=1S/C25H26FN3O3/c1-16(30)29-13-8-18-14-19(2-5-22(18)29)23(31)9-12-28-10-6-17(7-11-28)25-21-4-3-20(26)15-24(21)32-27-25/h2-5,8,13-15,17,23,31H,6-7,9-12H2,1H3. The lowest BCUT2D eigenvalue weighted by molar-refractivity contribution is 0.0941. The van der Waals surface area contributed by atoms with E-state index in [2.05, 4.69) is 10.1 Å². The highest BCUT2D eigenvalue weighted by atomic mass is 19.1. The fourth-order valence-electron chi connectivity index (χ4n) is 4.77. The number of aliphatic hydroxyl groups is 1. The van der Waals surface area contributed by atoms with Crippen molar-refractivity contribution in [2.75, 3.05) is 19.6 Å². The summed E-state index contributed by atoms with van der Waals surface area (Å²) < 4.78 is 20.3. The second-order valence-electron chi connectivity index (χ2n) is 8.65. The molecule has 1 saturated heterocycles. The van der Waals surface area contributed by atoms with Crippen molar-refractivity contribution in [2.45, 2.75) is 38.2 Å². The van der Waals surface area contributed by atoms with Crippen molar-refractivity contribution in [2.24, 2.45) is 0 Å². The number of fused-ring (bicyclic) bond motifs is 2. The lowest BCUT2D eigenvalue weighted by Crippen LogP contribution is -2.34. The molecule has 5 rings (SSSR count). The summed E-state index contributed by atoms with van der Waals surface area (Å²) in [6.45, 7) is 4.20. The number of benzene rings is 2. The van der Waals surface area contributed by atoms with E-state index in [-0.39, 0.29) is 11.7 Å². The number of halogens is 1. The largest absolute Gasteiger partial charge is 0.388 e. The summed E-state index contributed by atoms with van der Waals surface area (Å²) >= 11 is 0. The van der Waals surface area contributed by atoms with Gasteiger partial charge in [-0.15, -0.1) is 0 Å². The molecule has 7 heteroatoms. The van der Waals surface area contributed by atoms with Crippen LogP contribution in [-0.2, 0) is 0 Å². The molecule has 0 bridgehead atoms. The zero-order valence-electron chi connectivity index (χ0n) is 18.0. The fraction of sp³-hybridized carbons (Fsp3) is 0.360. The molecule has 2 aromatic heterocycles. The van der Waals surface area contributed by atoms with Crippen LogP contribution >= 0.6 is 0 Å². The first-order valence-corrected chi connectivity index (χ1v) is 11.1. The van der Waals surface area contributed by atoms with Crippen molar-refractivity contribution in [1.82, 2.24) is 14.6 Å². The molecule has 6 nitrogen and oxygen atoms in total. The highest BCUT2D eigenvalue weighted by Crippen LogP contribution is 2.33. The molecule has 166 valence electrons. The molecule has 1 fully saturated rings. The van der Waals surface area contributed by atoms with E-state index in [0.29, 0.717) is 17.9 Å². The Bertz CT molecular complexity index is 1270. The van der Waals surface area contributed by atoms with Crippen molar-refractivity contribution < 1.29 is 18.8 Å². The first-order valence-electron chi connectivity index (χ1n) is 11.1. The van der Waals surface area contributed by atoms with Crippen LogP contribution in [0.3, 0.4) is 0 Å². The summed E-state index contributed by atoms with van der Waals surface area (Å²) in [4.78, 5) is 14.0. The minimum atomic E-state index is -0.549. The van der Waals surface area contributed by atoms with Gasteiger partial charge in [0.05, 0.1) is 17.3 Å². The molecule has 2 aromatic carbocycles. The third kappa shape index (κ3) is 3.94. The lowest BCUT2D eigenvalue weighted by Gasteiger charge is -2.31. The van der Waals surface area contributed by atoms with Crippen molar-refractivity contribution in [3.05, 3.63) is 65.7 Å². The number of nitrogens with zero attached hydrogens (tertiary/aromatic N) is 3. The van der Waals surface area contributed by atoms with Crippen LogP contribution in [0, 0.1) is 5.82 Å². The highest BCUT2D eigenvalue weighted by molar-refractivity contribution is 5.91. The van der Waals surface area contributed by atoms with E-state index in [9.17, 15) is 14.3 Å². The van der Waals surface area contributed by atoms with E-state index < -0.39 is 6.10 Å². The molecule has 0 radical (unpaired) electrons. The third-order valence-corrected chi connectivity index (χ3v) is 6.59. The van der Waals surface area contributed by atoms with Gasteiger partial charge in [0.2, 0.25) is 5.91 Å². The van der Waals surface area contributed by atoms with Gasteiger partial charge in [0.25, 0.3) is 0 Å². The number of piperidine rings is 1. The van der Waals surface area contributed by atoms with Gasteiger partial charge in [-0.3, -0.25) is 9.36 Å². The quantitative estimate of drug-likeness (QED) is 0.484. The summed E-state index contributed by atoms with van der Waals surface area (Å²) in [5, 5.41) is 16.8. The average Bonchev–Trinajstić information content (AvgIpc) is 3.41. The zero-order valence-corrected chi connectivity index (χ0v) is 18.0. The molecule has 1 unspecified atom stereocenters. The summed E-state index contributed by atoms with van der Waals surface area (Å²) in [5.41, 5.74) is 3.15. The van der Waals surface area contributed by atoms with Crippen LogP contribution in [-0.4, -0.2) is 45.3 Å². The Balaban J connectivity index is 1.17. The Hall–Kier alpha value is -3.03. The van der Waals surface area contributed by atoms with Crippen LogP contribution < -0.4 is 0 Å². The monoisotopic (exact) mass is 435 g/mol. The van der Waals surface area contributed by atoms with Crippen LogP contribution in [0.4, 0.5) is 4.39 Å². The molecule has 3 heterocycles. The SMILES string of the molecule is CC(=O)n1ccc2cc(C(O)CCN3CCC(c4noc5cc(F)ccc45)CC3)ccc21. The smallest absolute Gasteiger partial charge is 0.227 e. The normalized spacial score (nSPS) is 16.7. The van der Waals surface area contributed by atoms with E-state index in [1.54, 1.807) is 16.8 Å². The molecule has 32 heavy (non-hydrogen) atoms. The van der Waals surface area contributed by atoms with Crippen LogP contribution in [0.25, 0.3) is 21.9 Å². The Morgan fingerprint density at radius 2 is 2.03 bits per heavy atom. The highest BCUT2D eigenvalue weighted by Gasteiger charge is 2.25. The predicted octanol–water partition coefficient (Wildman–Crippen LogP) is 4.88. The summed E-state index contributed by atoms with van der Waals surface area (Å²) in [5.74, 6) is -0.0396. The van der Waals surface area contributed by atoms with Gasteiger partial charge < -0.3 is 14.5 Å². The maximum absolute atomic E-state index is 13.4. The number of likely N-dealkylation sites (tertiary alicyclic amines) is 1. The minimum absolute atomic E-state index is 0.0255. The number of carbonyl (C=O) groups excluding carboxylic acids is 1. The van der Waals surface area contributed by atoms with Crippen LogP contribution in [0.15, 0.2) is 53.2 Å². The van der Waals surface area contributed by atoms with Crippen molar-refractivity contribution in [3.63, 3.8) is 0 Å². The summed E-state index contributed by atoms with van der Waals surface area (Å²) in [7, 11) is 0. The molecule has 1 aliphatic rings.